The highest BCUT2D eigenvalue weighted by Crippen LogP contribution is 2.32. The highest BCUT2D eigenvalue weighted by Gasteiger charge is 2.36. The summed E-state index contributed by atoms with van der Waals surface area (Å²) in [5, 5.41) is 12.2. The van der Waals surface area contributed by atoms with Gasteiger partial charge in [-0.2, -0.15) is 0 Å². The Bertz CT molecular complexity index is 582. The van der Waals surface area contributed by atoms with E-state index in [4.69, 9.17) is 0 Å². The predicted octanol–water partition coefficient (Wildman–Crippen LogP) is 2.48. The molecule has 0 bridgehead atoms. The van der Waals surface area contributed by atoms with Crippen LogP contribution in [0.2, 0.25) is 0 Å². The van der Waals surface area contributed by atoms with Crippen LogP contribution < -0.4 is 5.32 Å². The van der Waals surface area contributed by atoms with Crippen LogP contribution in [0.25, 0.3) is 0 Å². The zero-order chi connectivity index (χ0) is 15.6. The summed E-state index contributed by atoms with van der Waals surface area (Å²) in [4.78, 5) is 39.6. The van der Waals surface area contributed by atoms with Crippen LogP contribution in [-0.2, 0) is 9.59 Å². The number of nitrogens with zero attached hydrogens (tertiary/aromatic N) is 1. The molecule has 0 aromatic carbocycles. The number of amides is 1. The summed E-state index contributed by atoms with van der Waals surface area (Å²) in [6, 6.07) is 0. The third-order valence-corrected chi connectivity index (χ3v) is 4.94. The number of carbonyl (C=O) groups excluding carboxylic acids is 2. The van der Waals surface area contributed by atoms with Gasteiger partial charge in [0.1, 0.15) is 0 Å². The molecular weight excluding hydrogens is 292 g/mol. The molecule has 7 heteroatoms. The van der Waals surface area contributed by atoms with Crippen molar-refractivity contribution in [2.24, 2.45) is 11.8 Å². The van der Waals surface area contributed by atoms with Gasteiger partial charge in [-0.25, -0.2) is 4.98 Å². The zero-order valence-electron chi connectivity index (χ0n) is 12.0. The second-order valence-corrected chi connectivity index (χ2v) is 6.31. The van der Waals surface area contributed by atoms with Crippen LogP contribution in [0.15, 0.2) is 0 Å². The van der Waals surface area contributed by atoms with Gasteiger partial charge in [0.25, 0.3) is 0 Å². The molecule has 2 N–H and O–H groups in total. The highest BCUT2D eigenvalue weighted by molar-refractivity contribution is 7.17. The van der Waals surface area contributed by atoms with Crippen LogP contribution in [0.3, 0.4) is 0 Å². The first-order chi connectivity index (χ1) is 9.90. The van der Waals surface area contributed by atoms with Crippen LogP contribution in [-0.4, -0.2) is 27.8 Å². The second kappa shape index (κ2) is 6.34. The van der Waals surface area contributed by atoms with E-state index in [0.717, 1.165) is 24.2 Å². The van der Waals surface area contributed by atoms with Gasteiger partial charge in [-0.05, 0) is 19.8 Å². The Hall–Kier alpha value is -1.76. The molecule has 1 aliphatic rings. The molecular formula is C14H18N2O4S. The minimum Gasteiger partial charge on any atom is -0.481 e. The number of ketones is 1. The van der Waals surface area contributed by atoms with Gasteiger partial charge < -0.3 is 10.4 Å². The van der Waals surface area contributed by atoms with Crippen LogP contribution >= 0.6 is 11.3 Å². The molecule has 2 atom stereocenters. The van der Waals surface area contributed by atoms with Crippen LogP contribution in [0.5, 0.6) is 0 Å². The molecule has 1 fully saturated rings. The van der Waals surface area contributed by atoms with Crippen molar-refractivity contribution < 1.29 is 19.5 Å². The Morgan fingerprint density at radius 3 is 2.38 bits per heavy atom. The van der Waals surface area contributed by atoms with Crippen LogP contribution in [0.1, 0.15) is 48.0 Å². The highest BCUT2D eigenvalue weighted by atomic mass is 32.1. The van der Waals surface area contributed by atoms with Crippen molar-refractivity contribution in [2.75, 3.05) is 5.32 Å². The van der Waals surface area contributed by atoms with E-state index in [1.807, 2.05) is 0 Å². The Morgan fingerprint density at radius 2 is 1.86 bits per heavy atom. The van der Waals surface area contributed by atoms with Crippen molar-refractivity contribution in [1.82, 2.24) is 4.98 Å². The van der Waals surface area contributed by atoms with Crippen molar-refractivity contribution in [1.29, 1.82) is 0 Å². The first kappa shape index (κ1) is 15.6. The van der Waals surface area contributed by atoms with E-state index in [2.05, 4.69) is 10.3 Å². The topological polar surface area (TPSA) is 96.4 Å². The average molecular weight is 310 g/mol. The molecule has 6 nitrogen and oxygen atoms in total. The number of carboxylic acids is 1. The maximum absolute atomic E-state index is 12.3. The van der Waals surface area contributed by atoms with Gasteiger partial charge in [0.2, 0.25) is 5.91 Å². The lowest BCUT2D eigenvalue weighted by Crippen LogP contribution is -2.36. The van der Waals surface area contributed by atoms with Crippen LogP contribution in [0, 0.1) is 18.8 Å². The predicted molar refractivity (Wildman–Crippen MR) is 78.6 cm³/mol. The van der Waals surface area contributed by atoms with E-state index >= 15 is 0 Å². The number of thiazole rings is 1. The Balaban J connectivity index is 2.11. The Morgan fingerprint density at radius 1 is 1.24 bits per heavy atom. The lowest BCUT2D eigenvalue weighted by molar-refractivity contribution is -0.147. The number of aryl methyl sites for hydroxylation is 1. The molecule has 0 radical (unpaired) electrons. The van der Waals surface area contributed by atoms with Gasteiger partial charge >= 0.3 is 5.97 Å². The van der Waals surface area contributed by atoms with Gasteiger partial charge in [0, 0.05) is 6.92 Å². The fourth-order valence-corrected chi connectivity index (χ4v) is 3.58. The quantitative estimate of drug-likeness (QED) is 0.833. The maximum Gasteiger partial charge on any atom is 0.307 e. The lowest BCUT2D eigenvalue weighted by atomic mass is 9.79. The number of anilines is 1. The smallest absolute Gasteiger partial charge is 0.307 e. The third-order valence-electron chi connectivity index (χ3n) is 3.77. The Kier molecular flexibility index (Phi) is 4.72. The molecule has 1 aromatic heterocycles. The first-order valence-electron chi connectivity index (χ1n) is 6.92. The van der Waals surface area contributed by atoms with E-state index in [-0.39, 0.29) is 11.7 Å². The van der Waals surface area contributed by atoms with E-state index in [0.29, 0.717) is 28.5 Å². The van der Waals surface area contributed by atoms with Crippen molar-refractivity contribution in [3.63, 3.8) is 0 Å². The number of hydrogen-bond acceptors (Lipinski definition) is 5. The van der Waals surface area contributed by atoms with Gasteiger partial charge in [-0.15, -0.1) is 0 Å². The summed E-state index contributed by atoms with van der Waals surface area (Å²) in [6.07, 6.45) is 2.80. The maximum atomic E-state index is 12.3. The third kappa shape index (κ3) is 3.47. The monoisotopic (exact) mass is 310 g/mol. The average Bonchev–Trinajstić information content (AvgIpc) is 2.79. The molecule has 2 rings (SSSR count). The van der Waals surface area contributed by atoms with Crippen LogP contribution in [0.4, 0.5) is 5.13 Å². The molecule has 0 spiro atoms. The molecule has 1 aliphatic carbocycles. The largest absolute Gasteiger partial charge is 0.481 e. The molecule has 1 heterocycles. The van der Waals surface area contributed by atoms with E-state index < -0.39 is 17.8 Å². The van der Waals surface area contributed by atoms with Crippen molar-refractivity contribution >= 4 is 34.1 Å². The summed E-state index contributed by atoms with van der Waals surface area (Å²) < 4.78 is 0. The fraction of sp³-hybridized carbons (Fsp3) is 0.571. The van der Waals surface area contributed by atoms with Crippen molar-refractivity contribution in [3.8, 4) is 0 Å². The number of aromatic nitrogens is 1. The van der Waals surface area contributed by atoms with Gasteiger partial charge in [0.15, 0.2) is 10.9 Å². The molecule has 0 aliphatic heterocycles. The van der Waals surface area contributed by atoms with E-state index in [1.165, 1.54) is 6.92 Å². The number of aliphatic carboxylic acids is 1. The number of nitrogens with one attached hydrogen (secondary N) is 1. The molecule has 1 aromatic rings. The van der Waals surface area contributed by atoms with E-state index in [9.17, 15) is 19.5 Å². The summed E-state index contributed by atoms with van der Waals surface area (Å²) in [5.41, 5.74) is 0.584. The molecule has 114 valence electrons. The number of Topliss-reactive ketones (excluding diaryl/α,β-unsaturated/α-hetero) is 1. The second-order valence-electron chi connectivity index (χ2n) is 5.31. The molecule has 1 amide bonds. The molecule has 21 heavy (non-hydrogen) atoms. The summed E-state index contributed by atoms with van der Waals surface area (Å²) in [6.45, 7) is 3.16. The van der Waals surface area contributed by atoms with E-state index in [1.54, 1.807) is 6.92 Å². The number of carbonyl (C=O) groups is 3. The Labute approximate surface area is 126 Å². The number of hydrogen-bond donors (Lipinski definition) is 2. The normalized spacial score (nSPS) is 21.8. The molecule has 1 saturated carbocycles. The van der Waals surface area contributed by atoms with Crippen molar-refractivity contribution in [3.05, 3.63) is 10.6 Å². The minimum atomic E-state index is -0.922. The van der Waals surface area contributed by atoms with Gasteiger partial charge in [0.05, 0.1) is 22.4 Å². The summed E-state index contributed by atoms with van der Waals surface area (Å²) >= 11 is 1.13. The zero-order valence-corrected chi connectivity index (χ0v) is 12.8. The lowest BCUT2D eigenvalue weighted by Gasteiger charge is -2.26. The minimum absolute atomic E-state index is 0.0911. The standard InChI is InChI=1S/C14H18N2O4S/c1-7-11(8(2)17)21-14(15-7)16-12(18)9-5-3-4-6-10(9)13(19)20/h9-10H,3-6H2,1-2H3,(H,19,20)(H,15,16,18). The fourth-order valence-electron chi connectivity index (χ4n) is 2.71. The molecule has 0 saturated heterocycles. The SMILES string of the molecule is CC(=O)c1sc(NC(=O)C2CCCCC2C(=O)O)nc1C. The number of carboxylic acid groups (broad SMARTS) is 1. The summed E-state index contributed by atoms with van der Waals surface area (Å²) in [5.74, 6) is -2.49. The number of rotatable bonds is 4. The first-order valence-corrected chi connectivity index (χ1v) is 7.74. The van der Waals surface area contributed by atoms with Crippen molar-refractivity contribution in [2.45, 2.75) is 39.5 Å². The van der Waals surface area contributed by atoms with Gasteiger partial charge in [-0.1, -0.05) is 24.2 Å². The van der Waals surface area contributed by atoms with Gasteiger partial charge in [-0.3, -0.25) is 14.4 Å². The molecule has 2 unspecified atom stereocenters. The summed E-state index contributed by atoms with van der Waals surface area (Å²) in [7, 11) is 0.